The fourth-order valence-electron chi connectivity index (χ4n) is 5.45. The van der Waals surface area contributed by atoms with Crippen molar-refractivity contribution in [3.8, 4) is 5.75 Å². The van der Waals surface area contributed by atoms with Crippen LogP contribution in [0.25, 0.3) is 0 Å². The number of nitrogen functional groups attached to an aromatic ring is 1. The normalized spacial score (nSPS) is 31.7. The van der Waals surface area contributed by atoms with Gasteiger partial charge in [0.25, 0.3) is 5.91 Å². The maximum Gasteiger partial charge on any atom is 0.254 e. The highest BCUT2D eigenvalue weighted by atomic mass is 16.3. The first-order valence-corrected chi connectivity index (χ1v) is 9.67. The minimum atomic E-state index is 0.0375. The summed E-state index contributed by atoms with van der Waals surface area (Å²) in [5.74, 6) is 1.45. The number of carbonyl (C=O) groups is 1. The lowest BCUT2D eigenvalue weighted by atomic mass is 9.75. The summed E-state index contributed by atoms with van der Waals surface area (Å²) in [7, 11) is 0. The molecule has 5 heterocycles. The van der Waals surface area contributed by atoms with Crippen molar-refractivity contribution in [2.24, 2.45) is 5.92 Å². The van der Waals surface area contributed by atoms with Crippen LogP contribution in [0.2, 0.25) is 0 Å². The maximum atomic E-state index is 13.3. The SMILES string of the molecule is Nc1cc(C(=O)N2C[C@H](c3cccc(O)c3)[C@H]3[C@@H]2C2CCN3CC2)ccn1. The average molecular weight is 364 g/mol. The lowest BCUT2D eigenvalue weighted by molar-refractivity contribution is -0.00341. The number of benzene rings is 1. The Hall–Kier alpha value is -2.60. The first-order valence-electron chi connectivity index (χ1n) is 9.67. The highest BCUT2D eigenvalue weighted by Crippen LogP contribution is 2.47. The van der Waals surface area contributed by atoms with Crippen molar-refractivity contribution in [3.05, 3.63) is 53.7 Å². The van der Waals surface area contributed by atoms with Gasteiger partial charge >= 0.3 is 0 Å². The van der Waals surface area contributed by atoms with Crippen molar-refractivity contribution >= 4 is 11.7 Å². The molecule has 3 atom stereocenters. The molecule has 4 aliphatic rings. The number of aromatic nitrogens is 1. The lowest BCUT2D eigenvalue weighted by Crippen LogP contribution is -2.60. The highest BCUT2D eigenvalue weighted by Gasteiger charge is 2.54. The first kappa shape index (κ1) is 16.6. The fraction of sp³-hybridized carbons (Fsp3) is 0.429. The lowest BCUT2D eigenvalue weighted by Gasteiger charge is -2.51. The molecule has 140 valence electrons. The van der Waals surface area contributed by atoms with Crippen LogP contribution in [0.1, 0.15) is 34.7 Å². The van der Waals surface area contributed by atoms with Gasteiger partial charge in [-0.3, -0.25) is 9.69 Å². The standard InChI is InChI=1S/C21H24N4O2/c22-18-11-15(4-7-23-18)21(27)25-12-17(14-2-1-3-16(26)10-14)20-19(25)13-5-8-24(20)9-6-13/h1-4,7,10-11,13,17,19-20,26H,5-6,8-9,12H2,(H2,22,23)/t17-,19+,20+/m1/s1. The van der Waals surface area contributed by atoms with Crippen molar-refractivity contribution in [2.45, 2.75) is 30.8 Å². The molecule has 4 saturated heterocycles. The molecule has 4 fully saturated rings. The Kier molecular flexibility index (Phi) is 3.82. The Bertz CT molecular complexity index is 878. The number of phenolic OH excluding ortho intramolecular Hbond substituents is 1. The number of fused-ring (bicyclic) bond motifs is 2. The molecule has 0 spiro atoms. The summed E-state index contributed by atoms with van der Waals surface area (Å²) in [6, 6.07) is 11.5. The summed E-state index contributed by atoms with van der Waals surface area (Å²) < 4.78 is 0. The van der Waals surface area contributed by atoms with E-state index in [2.05, 4.69) is 20.9 Å². The molecule has 0 radical (unpaired) electrons. The van der Waals surface area contributed by atoms with E-state index in [0.29, 0.717) is 29.9 Å². The monoisotopic (exact) mass is 364 g/mol. The molecule has 1 amide bonds. The number of nitrogens with zero attached hydrogens (tertiary/aromatic N) is 3. The zero-order valence-corrected chi connectivity index (χ0v) is 15.2. The second-order valence-electron chi connectivity index (χ2n) is 7.98. The molecule has 6 nitrogen and oxygen atoms in total. The molecular formula is C21H24N4O2. The quantitative estimate of drug-likeness (QED) is 0.852. The van der Waals surface area contributed by atoms with Gasteiger partial charge in [-0.2, -0.15) is 0 Å². The highest BCUT2D eigenvalue weighted by molar-refractivity contribution is 5.95. The van der Waals surface area contributed by atoms with Crippen LogP contribution in [0.4, 0.5) is 5.82 Å². The third kappa shape index (κ3) is 2.67. The number of anilines is 1. The number of pyridine rings is 1. The number of aromatic hydroxyl groups is 1. The van der Waals surface area contributed by atoms with E-state index in [9.17, 15) is 9.90 Å². The van der Waals surface area contributed by atoms with Crippen LogP contribution in [0.3, 0.4) is 0 Å². The molecule has 6 rings (SSSR count). The van der Waals surface area contributed by atoms with E-state index >= 15 is 0 Å². The van der Waals surface area contributed by atoms with Gasteiger partial charge in [-0.05, 0) is 61.7 Å². The molecule has 0 saturated carbocycles. The van der Waals surface area contributed by atoms with E-state index in [-0.39, 0.29) is 23.6 Å². The van der Waals surface area contributed by atoms with Crippen LogP contribution in [0.15, 0.2) is 42.6 Å². The number of likely N-dealkylation sites (tertiary alicyclic amines) is 1. The molecule has 6 heteroatoms. The van der Waals surface area contributed by atoms with Crippen LogP contribution in [0.5, 0.6) is 5.75 Å². The summed E-state index contributed by atoms with van der Waals surface area (Å²) in [5.41, 5.74) is 7.52. The number of amides is 1. The number of phenols is 1. The topological polar surface area (TPSA) is 82.7 Å². The second-order valence-corrected chi connectivity index (χ2v) is 7.98. The minimum absolute atomic E-state index is 0.0375. The molecule has 1 aromatic heterocycles. The third-order valence-corrected chi connectivity index (χ3v) is 6.58. The average Bonchev–Trinajstić information content (AvgIpc) is 3.11. The van der Waals surface area contributed by atoms with Gasteiger partial charge in [-0.1, -0.05) is 12.1 Å². The Morgan fingerprint density at radius 2 is 1.96 bits per heavy atom. The molecule has 27 heavy (non-hydrogen) atoms. The smallest absolute Gasteiger partial charge is 0.254 e. The van der Waals surface area contributed by atoms with Crippen molar-refractivity contribution in [1.82, 2.24) is 14.8 Å². The molecular weight excluding hydrogens is 340 g/mol. The van der Waals surface area contributed by atoms with Gasteiger partial charge in [0.05, 0.1) is 6.04 Å². The second kappa shape index (κ2) is 6.23. The molecule has 0 aliphatic carbocycles. The molecule has 2 bridgehead atoms. The number of hydrogen-bond donors (Lipinski definition) is 2. The van der Waals surface area contributed by atoms with E-state index in [1.807, 2.05) is 12.1 Å². The number of hydrogen-bond acceptors (Lipinski definition) is 5. The van der Waals surface area contributed by atoms with E-state index in [4.69, 9.17) is 5.73 Å². The van der Waals surface area contributed by atoms with Gasteiger partial charge in [0, 0.05) is 30.3 Å². The minimum Gasteiger partial charge on any atom is -0.508 e. The summed E-state index contributed by atoms with van der Waals surface area (Å²) in [6.45, 7) is 2.88. The van der Waals surface area contributed by atoms with Gasteiger partial charge < -0.3 is 15.7 Å². The fourth-order valence-corrected chi connectivity index (χ4v) is 5.45. The van der Waals surface area contributed by atoms with Crippen LogP contribution in [0, 0.1) is 5.92 Å². The van der Waals surface area contributed by atoms with E-state index in [1.54, 1.807) is 24.4 Å². The van der Waals surface area contributed by atoms with E-state index in [1.165, 1.54) is 0 Å². The largest absolute Gasteiger partial charge is 0.508 e. The summed E-state index contributed by atoms with van der Waals surface area (Å²) in [5, 5.41) is 9.97. The zero-order valence-electron chi connectivity index (χ0n) is 15.2. The Labute approximate surface area is 158 Å². The van der Waals surface area contributed by atoms with Crippen LogP contribution in [-0.2, 0) is 0 Å². The number of rotatable bonds is 2. The van der Waals surface area contributed by atoms with E-state index < -0.39 is 0 Å². The number of carbonyl (C=O) groups excluding carboxylic acids is 1. The van der Waals surface area contributed by atoms with Crippen molar-refractivity contribution in [1.29, 1.82) is 0 Å². The van der Waals surface area contributed by atoms with Gasteiger partial charge in [0.15, 0.2) is 0 Å². The summed E-state index contributed by atoms with van der Waals surface area (Å²) in [4.78, 5) is 22.0. The Morgan fingerprint density at radius 3 is 2.70 bits per heavy atom. The zero-order chi connectivity index (χ0) is 18.5. The van der Waals surface area contributed by atoms with Crippen molar-refractivity contribution < 1.29 is 9.90 Å². The van der Waals surface area contributed by atoms with Crippen LogP contribution < -0.4 is 5.73 Å². The van der Waals surface area contributed by atoms with Crippen LogP contribution in [-0.4, -0.2) is 57.5 Å². The Morgan fingerprint density at radius 1 is 1.15 bits per heavy atom. The molecule has 4 aliphatic heterocycles. The van der Waals surface area contributed by atoms with Gasteiger partial charge in [0.1, 0.15) is 11.6 Å². The first-order chi connectivity index (χ1) is 13.1. The van der Waals surface area contributed by atoms with Gasteiger partial charge in [-0.15, -0.1) is 0 Å². The number of piperidine rings is 3. The molecule has 1 aromatic carbocycles. The molecule has 3 N–H and O–H groups in total. The predicted octanol–water partition coefficient (Wildman–Crippen LogP) is 2.07. The summed E-state index contributed by atoms with van der Waals surface area (Å²) >= 11 is 0. The maximum absolute atomic E-state index is 13.3. The van der Waals surface area contributed by atoms with Gasteiger partial charge in [0.2, 0.25) is 0 Å². The predicted molar refractivity (Wildman–Crippen MR) is 102 cm³/mol. The molecule has 2 aromatic rings. The van der Waals surface area contributed by atoms with Gasteiger partial charge in [-0.25, -0.2) is 4.98 Å². The van der Waals surface area contributed by atoms with Crippen molar-refractivity contribution in [3.63, 3.8) is 0 Å². The number of nitrogens with two attached hydrogens (primary N) is 1. The Balaban J connectivity index is 1.53. The molecule has 0 unspecified atom stereocenters. The van der Waals surface area contributed by atoms with E-state index in [0.717, 1.165) is 31.5 Å². The van der Waals surface area contributed by atoms with Crippen LogP contribution >= 0.6 is 0 Å². The van der Waals surface area contributed by atoms with Crippen molar-refractivity contribution in [2.75, 3.05) is 25.4 Å². The third-order valence-electron chi connectivity index (χ3n) is 6.58. The summed E-state index contributed by atoms with van der Waals surface area (Å²) in [6.07, 6.45) is 3.89.